The molecule has 0 saturated carbocycles. The van der Waals surface area contributed by atoms with Crippen molar-refractivity contribution < 1.29 is 19.4 Å². The van der Waals surface area contributed by atoms with Crippen LogP contribution in [0.4, 0.5) is 0 Å². The Bertz CT molecular complexity index is 599. The highest BCUT2D eigenvalue weighted by Gasteiger charge is 2.24. The summed E-state index contributed by atoms with van der Waals surface area (Å²) in [6, 6.07) is 7.33. The van der Waals surface area contributed by atoms with Crippen molar-refractivity contribution >= 4 is 24.6 Å². The SMILES string of the molecule is COC(=O)CC1=NOC(c2ccc(C(N)=NB(C)O)cc2)C1. The highest BCUT2D eigenvalue weighted by molar-refractivity contribution is 6.49. The molecule has 0 spiro atoms. The number of amidine groups is 1. The molecule has 1 aliphatic rings. The standard InChI is InChI=1S/C14H18BN3O4/c1-15(20)17-14(16)10-5-3-9(4-6-10)12-7-11(18-22-12)8-13(19)21-2/h3-6,12,20H,7-8H2,1-2H3,(H2,16,17). The molecule has 0 aromatic heterocycles. The van der Waals surface area contributed by atoms with E-state index in [4.69, 9.17) is 10.6 Å². The van der Waals surface area contributed by atoms with Gasteiger partial charge < -0.3 is 20.3 Å². The van der Waals surface area contributed by atoms with Crippen LogP contribution < -0.4 is 5.73 Å². The van der Waals surface area contributed by atoms with E-state index in [2.05, 4.69) is 14.8 Å². The minimum Gasteiger partial charge on any atom is -0.469 e. The number of rotatable bonds is 5. The average Bonchev–Trinajstić information content (AvgIpc) is 2.95. The zero-order valence-corrected chi connectivity index (χ0v) is 12.5. The Labute approximate surface area is 128 Å². The zero-order chi connectivity index (χ0) is 16.1. The first-order valence-corrected chi connectivity index (χ1v) is 6.89. The molecular weight excluding hydrogens is 285 g/mol. The minimum atomic E-state index is -0.841. The van der Waals surface area contributed by atoms with Crippen LogP contribution in [0.1, 0.15) is 30.1 Å². The van der Waals surface area contributed by atoms with E-state index < -0.39 is 7.05 Å². The van der Waals surface area contributed by atoms with Gasteiger partial charge in [0.15, 0.2) is 6.10 Å². The summed E-state index contributed by atoms with van der Waals surface area (Å²) >= 11 is 0. The first-order valence-electron chi connectivity index (χ1n) is 6.89. The third-order valence-corrected chi connectivity index (χ3v) is 3.21. The fourth-order valence-electron chi connectivity index (χ4n) is 2.09. The lowest BCUT2D eigenvalue weighted by atomic mass is 9.90. The third-order valence-electron chi connectivity index (χ3n) is 3.21. The van der Waals surface area contributed by atoms with E-state index in [0.29, 0.717) is 12.1 Å². The quantitative estimate of drug-likeness (QED) is 0.363. The highest BCUT2D eigenvalue weighted by Crippen LogP contribution is 2.28. The highest BCUT2D eigenvalue weighted by atomic mass is 16.6. The van der Waals surface area contributed by atoms with Gasteiger partial charge in [0.25, 0.3) is 0 Å². The summed E-state index contributed by atoms with van der Waals surface area (Å²) in [4.78, 5) is 20.4. The average molecular weight is 303 g/mol. The molecule has 8 heteroatoms. The monoisotopic (exact) mass is 303 g/mol. The van der Waals surface area contributed by atoms with Crippen molar-refractivity contribution in [3.05, 3.63) is 35.4 Å². The molecular formula is C14H18BN3O4. The maximum absolute atomic E-state index is 11.2. The van der Waals surface area contributed by atoms with Gasteiger partial charge in [-0.1, -0.05) is 29.4 Å². The van der Waals surface area contributed by atoms with Gasteiger partial charge in [-0.2, -0.15) is 0 Å². The van der Waals surface area contributed by atoms with E-state index in [1.807, 2.05) is 12.1 Å². The smallest absolute Gasteiger partial charge is 0.429 e. The molecule has 0 aliphatic carbocycles. The summed E-state index contributed by atoms with van der Waals surface area (Å²) in [5, 5.41) is 13.1. The predicted molar refractivity (Wildman–Crippen MR) is 83.5 cm³/mol. The topological polar surface area (TPSA) is 106 Å². The van der Waals surface area contributed by atoms with Gasteiger partial charge in [-0.05, 0) is 12.4 Å². The van der Waals surface area contributed by atoms with Gasteiger partial charge in [0.1, 0.15) is 5.84 Å². The van der Waals surface area contributed by atoms with Gasteiger partial charge in [0, 0.05) is 12.0 Å². The number of nitrogens with two attached hydrogens (primary N) is 1. The Kier molecular flexibility index (Phi) is 5.16. The Morgan fingerprint density at radius 2 is 2.23 bits per heavy atom. The zero-order valence-electron chi connectivity index (χ0n) is 12.5. The van der Waals surface area contributed by atoms with Crippen LogP contribution in [0.15, 0.2) is 34.3 Å². The van der Waals surface area contributed by atoms with Gasteiger partial charge in [0.2, 0.25) is 0 Å². The van der Waals surface area contributed by atoms with Crippen molar-refractivity contribution in [3.8, 4) is 0 Å². The fourth-order valence-corrected chi connectivity index (χ4v) is 2.09. The number of ether oxygens (including phenoxy) is 1. The van der Waals surface area contributed by atoms with Gasteiger partial charge in [-0.3, -0.25) is 9.70 Å². The summed E-state index contributed by atoms with van der Waals surface area (Å²) < 4.78 is 4.60. The molecule has 0 saturated heterocycles. The number of esters is 1. The molecule has 116 valence electrons. The predicted octanol–water partition coefficient (Wildman–Crippen LogP) is 0.883. The number of benzene rings is 1. The summed E-state index contributed by atoms with van der Waals surface area (Å²) in [7, 11) is 0.501. The van der Waals surface area contributed by atoms with Crippen molar-refractivity contribution in [2.45, 2.75) is 25.8 Å². The van der Waals surface area contributed by atoms with Crippen LogP contribution in [0, 0.1) is 0 Å². The van der Waals surface area contributed by atoms with E-state index >= 15 is 0 Å². The van der Waals surface area contributed by atoms with E-state index in [0.717, 1.165) is 11.1 Å². The normalized spacial score (nSPS) is 17.7. The van der Waals surface area contributed by atoms with Crippen LogP contribution in [-0.4, -0.2) is 36.7 Å². The maximum Gasteiger partial charge on any atom is 0.429 e. The number of hydrogen-bond donors (Lipinski definition) is 2. The molecule has 0 radical (unpaired) electrons. The number of carbonyl (C=O) groups excluding carboxylic acids is 1. The summed E-state index contributed by atoms with van der Waals surface area (Å²) in [5.41, 5.74) is 8.09. The Morgan fingerprint density at radius 1 is 1.55 bits per heavy atom. The lowest BCUT2D eigenvalue weighted by Gasteiger charge is -2.09. The Hall–Kier alpha value is -2.35. The van der Waals surface area contributed by atoms with Crippen molar-refractivity contribution in [1.29, 1.82) is 0 Å². The molecule has 1 aliphatic heterocycles. The van der Waals surface area contributed by atoms with E-state index in [-0.39, 0.29) is 24.3 Å². The molecule has 1 heterocycles. The van der Waals surface area contributed by atoms with Gasteiger partial charge >= 0.3 is 13.0 Å². The van der Waals surface area contributed by atoms with Crippen molar-refractivity contribution in [2.24, 2.45) is 15.8 Å². The van der Waals surface area contributed by atoms with Crippen LogP contribution in [0.3, 0.4) is 0 Å². The Morgan fingerprint density at radius 3 is 2.82 bits per heavy atom. The number of carbonyl (C=O) groups is 1. The van der Waals surface area contributed by atoms with E-state index in [1.54, 1.807) is 12.1 Å². The van der Waals surface area contributed by atoms with Crippen molar-refractivity contribution in [1.82, 2.24) is 0 Å². The molecule has 0 amide bonds. The molecule has 1 atom stereocenters. The largest absolute Gasteiger partial charge is 0.469 e. The molecule has 1 aromatic carbocycles. The van der Waals surface area contributed by atoms with Crippen molar-refractivity contribution in [2.75, 3.05) is 7.11 Å². The number of methoxy groups -OCH3 is 1. The van der Waals surface area contributed by atoms with Crippen molar-refractivity contribution in [3.63, 3.8) is 0 Å². The fraction of sp³-hybridized carbons (Fsp3) is 0.357. The second-order valence-corrected chi connectivity index (χ2v) is 4.98. The van der Waals surface area contributed by atoms with Crippen LogP contribution in [0.25, 0.3) is 0 Å². The van der Waals surface area contributed by atoms with Crippen LogP contribution in [0.5, 0.6) is 0 Å². The van der Waals surface area contributed by atoms with Crippen LogP contribution in [0.2, 0.25) is 6.82 Å². The van der Waals surface area contributed by atoms with Gasteiger partial charge in [-0.25, -0.2) is 0 Å². The molecule has 1 unspecified atom stereocenters. The summed E-state index contributed by atoms with van der Waals surface area (Å²) in [6.07, 6.45) is 0.466. The summed E-state index contributed by atoms with van der Waals surface area (Å²) in [6.45, 7) is 1.54. The molecule has 0 fully saturated rings. The number of oxime groups is 1. The first kappa shape index (κ1) is 16.0. The van der Waals surface area contributed by atoms with Crippen LogP contribution in [-0.2, 0) is 14.4 Å². The van der Waals surface area contributed by atoms with Gasteiger partial charge in [0.05, 0.1) is 19.2 Å². The maximum atomic E-state index is 11.2. The second kappa shape index (κ2) is 7.08. The second-order valence-electron chi connectivity index (χ2n) is 4.98. The summed E-state index contributed by atoms with van der Waals surface area (Å²) in [5.74, 6) is -0.0584. The number of hydrogen-bond acceptors (Lipinski definition) is 6. The molecule has 22 heavy (non-hydrogen) atoms. The molecule has 2 rings (SSSR count). The van der Waals surface area contributed by atoms with Crippen LogP contribution >= 0.6 is 0 Å². The molecule has 7 nitrogen and oxygen atoms in total. The van der Waals surface area contributed by atoms with E-state index in [1.165, 1.54) is 13.9 Å². The lowest BCUT2D eigenvalue weighted by Crippen LogP contribution is -2.18. The molecule has 3 N–H and O–H groups in total. The first-order chi connectivity index (χ1) is 10.5. The minimum absolute atomic E-state index is 0.138. The molecule has 1 aromatic rings. The Balaban J connectivity index is 2.00. The third kappa shape index (κ3) is 4.08. The van der Waals surface area contributed by atoms with E-state index in [9.17, 15) is 9.82 Å². The number of nitrogens with zero attached hydrogens (tertiary/aromatic N) is 2. The lowest BCUT2D eigenvalue weighted by molar-refractivity contribution is -0.139. The van der Waals surface area contributed by atoms with Gasteiger partial charge in [-0.15, -0.1) is 0 Å². The molecule has 0 bridgehead atoms.